The smallest absolute Gasteiger partial charge is 0.0723 e. The van der Waals surface area contributed by atoms with Crippen LogP contribution in [0.1, 0.15) is 67.5 Å². The molecule has 1 aliphatic rings. The molecule has 6 heteroatoms. The van der Waals surface area contributed by atoms with E-state index in [1.165, 1.54) is 22.2 Å². The van der Waals surface area contributed by atoms with Gasteiger partial charge in [0.25, 0.3) is 0 Å². The summed E-state index contributed by atoms with van der Waals surface area (Å²) in [7, 11) is 0. The van der Waals surface area contributed by atoms with E-state index in [0.29, 0.717) is 17.9 Å². The molecule has 0 amide bonds. The lowest BCUT2D eigenvalue weighted by Gasteiger charge is -2.31. The van der Waals surface area contributed by atoms with Crippen LogP contribution in [0.3, 0.4) is 0 Å². The number of nitrogens with one attached hydrogen (secondary N) is 2. The lowest BCUT2D eigenvalue weighted by Crippen LogP contribution is -2.46. The second kappa shape index (κ2) is 9.96. The molecule has 1 saturated heterocycles. The quantitative estimate of drug-likeness (QED) is 0.504. The van der Waals surface area contributed by atoms with Gasteiger partial charge in [-0.3, -0.25) is 4.98 Å². The van der Waals surface area contributed by atoms with Crippen molar-refractivity contribution in [3.05, 3.63) is 70.4 Å². The number of aryl methyl sites for hydroxylation is 2. The normalized spacial score (nSPS) is 20.5. The van der Waals surface area contributed by atoms with E-state index in [1.807, 2.05) is 16.9 Å². The summed E-state index contributed by atoms with van der Waals surface area (Å²) in [6, 6.07) is 7.01. The van der Waals surface area contributed by atoms with Crippen molar-refractivity contribution < 1.29 is 0 Å². The van der Waals surface area contributed by atoms with Crippen molar-refractivity contribution in [1.29, 1.82) is 0 Å². The Balaban J connectivity index is 1.68. The van der Waals surface area contributed by atoms with Gasteiger partial charge in [0, 0.05) is 41.3 Å². The molecule has 0 aromatic carbocycles. The van der Waals surface area contributed by atoms with Crippen LogP contribution in [0.2, 0.25) is 0 Å². The fraction of sp³-hybridized carbons (Fsp3) is 0.481. The Labute approximate surface area is 197 Å². The highest BCUT2D eigenvalue weighted by molar-refractivity contribution is 5.70. The van der Waals surface area contributed by atoms with Gasteiger partial charge in [-0.25, -0.2) is 4.52 Å². The van der Waals surface area contributed by atoms with Crippen molar-refractivity contribution in [1.82, 2.24) is 25.2 Å². The molecule has 3 atom stereocenters. The number of hydrogen-bond donors (Lipinski definition) is 3. The summed E-state index contributed by atoms with van der Waals surface area (Å²) in [6.45, 7) is 12.9. The molecule has 3 unspecified atom stereocenters. The Morgan fingerprint density at radius 1 is 1.30 bits per heavy atom. The summed E-state index contributed by atoms with van der Waals surface area (Å²) < 4.78 is 1.99. The largest absolute Gasteiger partial charge is 0.397 e. The van der Waals surface area contributed by atoms with Crippen LogP contribution in [0.15, 0.2) is 42.5 Å². The number of fused-ring (bicyclic) bond motifs is 1. The maximum atomic E-state index is 6.71. The average Bonchev–Trinajstić information content (AvgIpc) is 3.19. The van der Waals surface area contributed by atoms with E-state index in [0.717, 1.165) is 55.0 Å². The predicted octanol–water partition coefficient (Wildman–Crippen LogP) is 4.32. The number of pyridine rings is 2. The van der Waals surface area contributed by atoms with Crippen molar-refractivity contribution in [3.8, 4) is 0 Å². The maximum Gasteiger partial charge on any atom is 0.0723 e. The molecule has 1 fully saturated rings. The number of allylic oxidation sites excluding steroid dienone is 1. The van der Waals surface area contributed by atoms with Gasteiger partial charge in [0.1, 0.15) is 0 Å². The summed E-state index contributed by atoms with van der Waals surface area (Å²) in [6.07, 6.45) is 9.00. The Kier molecular flexibility index (Phi) is 7.03. The first-order valence-electron chi connectivity index (χ1n) is 12.2. The number of rotatable bonds is 7. The summed E-state index contributed by atoms with van der Waals surface area (Å²) in [5.41, 5.74) is 15.5. The van der Waals surface area contributed by atoms with E-state index in [4.69, 9.17) is 10.7 Å². The molecule has 4 N–H and O–H groups in total. The molecule has 176 valence electrons. The highest BCUT2D eigenvalue weighted by Crippen LogP contribution is 2.29. The molecule has 0 spiro atoms. The van der Waals surface area contributed by atoms with Crippen LogP contribution < -0.4 is 16.4 Å². The molecule has 0 radical (unpaired) electrons. The molecule has 33 heavy (non-hydrogen) atoms. The van der Waals surface area contributed by atoms with Crippen LogP contribution >= 0.6 is 0 Å². The predicted molar refractivity (Wildman–Crippen MR) is 136 cm³/mol. The first-order chi connectivity index (χ1) is 15.9. The molecule has 4 heterocycles. The monoisotopic (exact) mass is 446 g/mol. The maximum absolute atomic E-state index is 6.71. The Morgan fingerprint density at radius 3 is 2.82 bits per heavy atom. The van der Waals surface area contributed by atoms with Crippen LogP contribution in [0.5, 0.6) is 0 Å². The zero-order chi connectivity index (χ0) is 23.5. The molecule has 0 bridgehead atoms. The summed E-state index contributed by atoms with van der Waals surface area (Å²) in [4.78, 5) is 4.72. The van der Waals surface area contributed by atoms with Gasteiger partial charge in [-0.05, 0) is 87.9 Å². The van der Waals surface area contributed by atoms with E-state index < -0.39 is 0 Å². The Hall–Kier alpha value is -2.86. The van der Waals surface area contributed by atoms with Crippen LogP contribution in [0.4, 0.5) is 0 Å². The lowest BCUT2D eigenvalue weighted by molar-refractivity contribution is 0.314. The first-order valence-corrected chi connectivity index (χ1v) is 12.2. The molecular weight excluding hydrogens is 408 g/mol. The third-order valence-corrected chi connectivity index (χ3v) is 7.09. The second-order valence-corrected chi connectivity index (χ2v) is 9.70. The van der Waals surface area contributed by atoms with Gasteiger partial charge in [-0.2, -0.15) is 5.10 Å². The van der Waals surface area contributed by atoms with Crippen LogP contribution in [0, 0.1) is 19.8 Å². The fourth-order valence-corrected chi connectivity index (χ4v) is 4.92. The topological polar surface area (TPSA) is 80.3 Å². The average molecular weight is 447 g/mol. The highest BCUT2D eigenvalue weighted by atomic mass is 15.2. The fourth-order valence-electron chi connectivity index (χ4n) is 4.92. The van der Waals surface area contributed by atoms with Crippen LogP contribution in [-0.2, 0) is 6.42 Å². The van der Waals surface area contributed by atoms with Gasteiger partial charge in [-0.1, -0.05) is 19.9 Å². The Morgan fingerprint density at radius 2 is 2.12 bits per heavy atom. The minimum Gasteiger partial charge on any atom is -0.397 e. The number of nitrogens with two attached hydrogens (primary N) is 1. The van der Waals surface area contributed by atoms with Crippen molar-refractivity contribution in [3.63, 3.8) is 0 Å². The number of hydrogen-bond acceptors (Lipinski definition) is 5. The summed E-state index contributed by atoms with van der Waals surface area (Å²) in [5.74, 6) is 0.916. The van der Waals surface area contributed by atoms with E-state index in [2.05, 4.69) is 74.7 Å². The van der Waals surface area contributed by atoms with Gasteiger partial charge < -0.3 is 16.4 Å². The van der Waals surface area contributed by atoms with Gasteiger partial charge >= 0.3 is 0 Å². The van der Waals surface area contributed by atoms with Gasteiger partial charge in [-0.15, -0.1) is 0 Å². The van der Waals surface area contributed by atoms with Crippen molar-refractivity contribution >= 4 is 11.2 Å². The number of aromatic nitrogens is 3. The third kappa shape index (κ3) is 5.06. The SMILES string of the molecule is CCC(Cc1cc(/C(N)=C(\C)NC2CCNCC2C)cn2ncc(C)c12)c1ccc(C)cn1. The van der Waals surface area contributed by atoms with Gasteiger partial charge in [0.15, 0.2) is 0 Å². The van der Waals surface area contributed by atoms with Crippen molar-refractivity contribution in [2.24, 2.45) is 11.7 Å². The van der Waals surface area contributed by atoms with E-state index >= 15 is 0 Å². The molecule has 1 aliphatic heterocycles. The van der Waals surface area contributed by atoms with Crippen molar-refractivity contribution in [2.75, 3.05) is 13.1 Å². The minimum absolute atomic E-state index is 0.346. The molecule has 3 aromatic heterocycles. The molecule has 6 nitrogen and oxygen atoms in total. The third-order valence-electron chi connectivity index (χ3n) is 7.09. The highest BCUT2D eigenvalue weighted by Gasteiger charge is 2.22. The summed E-state index contributed by atoms with van der Waals surface area (Å²) >= 11 is 0. The molecule has 0 saturated carbocycles. The zero-order valence-electron chi connectivity index (χ0n) is 20.7. The van der Waals surface area contributed by atoms with Crippen molar-refractivity contribution in [2.45, 2.75) is 65.8 Å². The zero-order valence-corrected chi connectivity index (χ0v) is 20.7. The minimum atomic E-state index is 0.346. The second-order valence-electron chi connectivity index (χ2n) is 9.70. The molecule has 0 aliphatic carbocycles. The number of nitrogens with zero attached hydrogens (tertiary/aromatic N) is 3. The van der Waals surface area contributed by atoms with Crippen LogP contribution in [-0.4, -0.2) is 33.7 Å². The number of piperidine rings is 1. The van der Waals surface area contributed by atoms with Gasteiger partial charge in [0.2, 0.25) is 0 Å². The van der Waals surface area contributed by atoms with E-state index in [-0.39, 0.29) is 0 Å². The molecule has 3 aromatic rings. The molecular formula is C27H38N6. The van der Waals surface area contributed by atoms with E-state index in [1.54, 1.807) is 0 Å². The lowest BCUT2D eigenvalue weighted by atomic mass is 9.91. The van der Waals surface area contributed by atoms with Crippen LogP contribution in [0.25, 0.3) is 11.2 Å². The first kappa shape index (κ1) is 23.3. The van der Waals surface area contributed by atoms with Gasteiger partial charge in [0.05, 0.1) is 17.4 Å². The Bertz CT molecular complexity index is 1130. The molecule has 4 rings (SSSR count). The standard InChI is InChI=1S/C27H38N6/c1-6-21(25-8-7-17(2)13-30-25)11-22-12-23(16-33-27(22)19(4)15-31-33)26(28)20(5)32-24-9-10-29-14-18(24)3/h7-8,12-13,15-16,18,21,24,29,32H,6,9-11,14,28H2,1-5H3/b26-20-. The summed E-state index contributed by atoms with van der Waals surface area (Å²) in [5, 5.41) is 11.8. The van der Waals surface area contributed by atoms with E-state index in [9.17, 15) is 0 Å².